The van der Waals surface area contributed by atoms with Gasteiger partial charge in [0.2, 0.25) is 0 Å². The minimum atomic E-state index is 0.0701. The van der Waals surface area contributed by atoms with Crippen molar-refractivity contribution in [2.45, 2.75) is 32.7 Å². The topological polar surface area (TPSA) is 45.8 Å². The molecule has 0 bridgehead atoms. The maximum Gasteiger partial charge on any atom is 0.0929 e. The minimum Gasteiger partial charge on any atom is -0.308 e. The second-order valence-electron chi connectivity index (χ2n) is 3.81. The van der Waals surface area contributed by atoms with E-state index in [9.17, 15) is 0 Å². The third kappa shape index (κ3) is 3.72. The molecule has 2 nitrogen and oxygen atoms in total. The summed E-state index contributed by atoms with van der Waals surface area (Å²) >= 11 is 0. The molecule has 1 atom stereocenters. The molecule has 0 spiro atoms. The van der Waals surface area contributed by atoms with Gasteiger partial charge in [-0.3, -0.25) is 5.32 Å². The fraction of sp³-hybridized carbons (Fsp3) is 0.400. The Kier molecular flexibility index (Phi) is 4.93. The van der Waals surface area contributed by atoms with Crippen LogP contribution in [0.3, 0.4) is 0 Å². The second-order valence-corrected chi connectivity index (χ2v) is 3.81. The molecule has 1 saturated heterocycles. The predicted octanol–water partition coefficient (Wildman–Crippen LogP) is 2.81. The fourth-order valence-corrected chi connectivity index (χ4v) is 1.43. The zero-order valence-corrected chi connectivity index (χ0v) is 10.8. The van der Waals surface area contributed by atoms with E-state index in [2.05, 4.69) is 24.1 Å². The lowest BCUT2D eigenvalue weighted by atomic mass is 10.1. The van der Waals surface area contributed by atoms with Crippen molar-refractivity contribution >= 4 is 6.21 Å². The Morgan fingerprint density at radius 3 is 2.71 bits per heavy atom. The molecule has 2 rings (SSSR count). The zero-order chi connectivity index (χ0) is 12.7. The summed E-state index contributed by atoms with van der Waals surface area (Å²) in [6.07, 6.45) is 2.39. The van der Waals surface area contributed by atoms with Gasteiger partial charge < -0.3 is 5.41 Å². The monoisotopic (exact) mass is 228 g/mol. The molecular weight excluding hydrogens is 208 g/mol. The van der Waals surface area contributed by atoms with Crippen molar-refractivity contribution in [2.24, 2.45) is 0 Å². The maximum atomic E-state index is 7.16. The lowest BCUT2D eigenvalue weighted by Crippen LogP contribution is -2.09. The molecule has 1 aromatic carbocycles. The van der Waals surface area contributed by atoms with E-state index in [1.807, 2.05) is 38.1 Å². The van der Waals surface area contributed by atoms with Crippen molar-refractivity contribution in [3.05, 3.63) is 35.4 Å². The van der Waals surface area contributed by atoms with Crippen LogP contribution in [0.2, 0.25) is 0 Å². The Labute approximate surface area is 104 Å². The van der Waals surface area contributed by atoms with Gasteiger partial charge in [0.05, 0.1) is 5.54 Å². The summed E-state index contributed by atoms with van der Waals surface area (Å²) in [5.41, 5.74) is 1.95. The van der Waals surface area contributed by atoms with Crippen LogP contribution >= 0.6 is 0 Å². The smallest absolute Gasteiger partial charge is 0.0929 e. The lowest BCUT2D eigenvalue weighted by molar-refractivity contribution is 0.764. The van der Waals surface area contributed by atoms with Gasteiger partial charge in [-0.25, -0.2) is 0 Å². The molecule has 1 heterocycles. The van der Waals surface area contributed by atoms with Crippen LogP contribution in [0.1, 0.15) is 38.3 Å². The first-order chi connectivity index (χ1) is 8.28. The first-order valence-corrected chi connectivity index (χ1v) is 6.17. The van der Waals surface area contributed by atoms with E-state index in [1.54, 1.807) is 0 Å². The highest BCUT2D eigenvalue weighted by molar-refractivity contribution is 5.77. The van der Waals surface area contributed by atoms with Gasteiger partial charge in [-0.2, -0.15) is 0 Å². The third-order valence-corrected chi connectivity index (χ3v) is 2.71. The van der Waals surface area contributed by atoms with E-state index < -0.39 is 0 Å². The number of hydrogen-bond donors (Lipinski definition) is 2. The normalized spacial score (nSPS) is 20.4. The Morgan fingerprint density at radius 2 is 2.18 bits per heavy atom. The molecule has 1 fully saturated rings. The Morgan fingerprint density at radius 1 is 1.47 bits per heavy atom. The van der Waals surface area contributed by atoms with Crippen molar-refractivity contribution < 1.29 is 0 Å². The Bertz CT molecular complexity index is 434. The molecule has 0 aromatic heterocycles. The molecule has 90 valence electrons. The zero-order valence-electron chi connectivity index (χ0n) is 10.8. The molecule has 1 aliphatic heterocycles. The van der Waals surface area contributed by atoms with Gasteiger partial charge in [0.1, 0.15) is 0 Å². The first-order valence-electron chi connectivity index (χ1n) is 6.17. The Balaban J connectivity index is 0.000000686. The average molecular weight is 228 g/mol. The first kappa shape index (κ1) is 13.5. The number of hydrogen-bond acceptors (Lipinski definition) is 2. The van der Waals surface area contributed by atoms with Crippen LogP contribution in [0.5, 0.6) is 0 Å². The van der Waals surface area contributed by atoms with E-state index in [0.717, 1.165) is 24.1 Å². The van der Waals surface area contributed by atoms with Crippen molar-refractivity contribution in [3.63, 3.8) is 0 Å². The number of nitrogens with one attached hydrogen (secondary N) is 2. The predicted molar refractivity (Wildman–Crippen MR) is 73.6 cm³/mol. The quantitative estimate of drug-likeness (QED) is 0.456. The highest BCUT2D eigenvalue weighted by Crippen LogP contribution is 2.19. The largest absolute Gasteiger partial charge is 0.308 e. The number of benzene rings is 1. The SMILES string of the molecule is CC.CCC1(C#Cc2cccc(C=N)c2)CN1. The third-order valence-electron chi connectivity index (χ3n) is 2.71. The summed E-state index contributed by atoms with van der Waals surface area (Å²) in [6, 6.07) is 7.75. The second kappa shape index (κ2) is 6.22. The number of rotatable bonds is 2. The van der Waals surface area contributed by atoms with Gasteiger partial charge in [-0.1, -0.05) is 44.7 Å². The lowest BCUT2D eigenvalue weighted by Gasteiger charge is -1.98. The highest BCUT2D eigenvalue weighted by atomic mass is 15.1. The maximum absolute atomic E-state index is 7.16. The van der Waals surface area contributed by atoms with E-state index in [1.165, 1.54) is 6.21 Å². The van der Waals surface area contributed by atoms with Crippen LogP contribution in [0, 0.1) is 17.3 Å². The van der Waals surface area contributed by atoms with E-state index in [4.69, 9.17) is 5.41 Å². The van der Waals surface area contributed by atoms with E-state index >= 15 is 0 Å². The summed E-state index contributed by atoms with van der Waals surface area (Å²) in [4.78, 5) is 0. The van der Waals surface area contributed by atoms with Crippen molar-refractivity contribution in [1.29, 1.82) is 5.41 Å². The molecule has 0 saturated carbocycles. The average Bonchev–Trinajstić information content (AvgIpc) is 3.20. The van der Waals surface area contributed by atoms with Gasteiger partial charge in [-0.05, 0) is 24.1 Å². The van der Waals surface area contributed by atoms with Gasteiger partial charge >= 0.3 is 0 Å². The molecule has 1 aromatic rings. The van der Waals surface area contributed by atoms with Crippen LogP contribution < -0.4 is 5.32 Å². The molecule has 0 aliphatic carbocycles. The molecule has 0 radical (unpaired) electrons. The molecule has 1 aliphatic rings. The van der Waals surface area contributed by atoms with Gasteiger partial charge in [0.15, 0.2) is 0 Å². The van der Waals surface area contributed by atoms with Gasteiger partial charge in [0.25, 0.3) is 0 Å². The molecule has 2 N–H and O–H groups in total. The van der Waals surface area contributed by atoms with Crippen molar-refractivity contribution in [1.82, 2.24) is 5.32 Å². The summed E-state index contributed by atoms with van der Waals surface area (Å²) in [5.74, 6) is 6.41. The van der Waals surface area contributed by atoms with E-state index in [-0.39, 0.29) is 5.54 Å². The minimum absolute atomic E-state index is 0.0701. The fourth-order valence-electron chi connectivity index (χ4n) is 1.43. The summed E-state index contributed by atoms with van der Waals surface area (Å²) in [7, 11) is 0. The Hall–Kier alpha value is -1.59. The summed E-state index contributed by atoms with van der Waals surface area (Å²) in [5, 5.41) is 10.4. The molecule has 2 heteroatoms. The summed E-state index contributed by atoms with van der Waals surface area (Å²) in [6.45, 7) is 7.14. The van der Waals surface area contributed by atoms with Crippen LogP contribution in [0.15, 0.2) is 24.3 Å². The van der Waals surface area contributed by atoms with Gasteiger partial charge in [-0.15, -0.1) is 0 Å². The van der Waals surface area contributed by atoms with Crippen molar-refractivity contribution in [2.75, 3.05) is 6.54 Å². The molecule has 17 heavy (non-hydrogen) atoms. The van der Waals surface area contributed by atoms with Crippen LogP contribution in [-0.4, -0.2) is 18.3 Å². The van der Waals surface area contributed by atoms with Crippen LogP contribution in [0.4, 0.5) is 0 Å². The van der Waals surface area contributed by atoms with E-state index in [0.29, 0.717) is 0 Å². The molecule has 1 unspecified atom stereocenters. The van der Waals surface area contributed by atoms with Crippen LogP contribution in [-0.2, 0) is 0 Å². The summed E-state index contributed by atoms with van der Waals surface area (Å²) < 4.78 is 0. The van der Waals surface area contributed by atoms with Crippen LogP contribution in [0.25, 0.3) is 0 Å². The standard InChI is InChI=1S/C13H14N2.C2H6/c1-2-13(10-15-13)7-6-11-4-3-5-12(8-11)9-14;1-2/h3-5,8-9,14-15H,2,10H2,1H3;1-2H3. The van der Waals surface area contributed by atoms with Crippen molar-refractivity contribution in [3.8, 4) is 11.8 Å². The molecule has 0 amide bonds. The van der Waals surface area contributed by atoms with Gasteiger partial charge in [0, 0.05) is 18.3 Å². The molecular formula is C15H20N2. The highest BCUT2D eigenvalue weighted by Gasteiger charge is 2.37.